The molecule has 0 N–H and O–H groups in total. The standard InChI is InChI=1S/C25H26/c1-2-3-4-5-16-23-22-15-9-7-12-20(22)18-25(23)24-17-10-13-19-11-6-8-14-21(19)24/h6-15,17-18,23H,2-5,16H2,1H3. The summed E-state index contributed by atoms with van der Waals surface area (Å²) < 4.78 is 0. The second-order valence-electron chi connectivity index (χ2n) is 7.16. The van der Waals surface area contributed by atoms with Crippen LogP contribution in [0.15, 0.2) is 66.7 Å². The maximum atomic E-state index is 2.43. The third-order valence-corrected chi connectivity index (χ3v) is 5.50. The van der Waals surface area contributed by atoms with Gasteiger partial charge in [-0.15, -0.1) is 0 Å². The van der Waals surface area contributed by atoms with Gasteiger partial charge in [0.1, 0.15) is 0 Å². The second-order valence-corrected chi connectivity index (χ2v) is 7.16. The van der Waals surface area contributed by atoms with Crippen molar-refractivity contribution in [3.8, 4) is 0 Å². The lowest BCUT2D eigenvalue weighted by atomic mass is 9.85. The summed E-state index contributed by atoms with van der Waals surface area (Å²) in [6.07, 6.45) is 9.00. The van der Waals surface area contributed by atoms with E-state index in [0.717, 1.165) is 0 Å². The van der Waals surface area contributed by atoms with Gasteiger partial charge >= 0.3 is 0 Å². The van der Waals surface area contributed by atoms with E-state index in [0.29, 0.717) is 5.92 Å². The van der Waals surface area contributed by atoms with E-state index in [4.69, 9.17) is 0 Å². The minimum absolute atomic E-state index is 0.541. The molecule has 0 fully saturated rings. The third-order valence-electron chi connectivity index (χ3n) is 5.50. The topological polar surface area (TPSA) is 0 Å². The summed E-state index contributed by atoms with van der Waals surface area (Å²) in [7, 11) is 0. The molecule has 126 valence electrons. The zero-order chi connectivity index (χ0) is 17.1. The Hall–Kier alpha value is -2.34. The molecule has 0 saturated carbocycles. The van der Waals surface area contributed by atoms with Gasteiger partial charge in [-0.1, -0.05) is 105 Å². The Morgan fingerprint density at radius 2 is 1.56 bits per heavy atom. The SMILES string of the molecule is CCCCCCC1C(c2cccc3ccccc23)=Cc2ccccc21. The van der Waals surface area contributed by atoms with Crippen molar-refractivity contribution in [3.05, 3.63) is 83.4 Å². The molecule has 0 heteroatoms. The molecule has 3 aromatic rings. The molecule has 0 spiro atoms. The Morgan fingerprint density at radius 1 is 0.760 bits per heavy atom. The number of allylic oxidation sites excluding steroid dienone is 1. The van der Waals surface area contributed by atoms with Crippen LogP contribution in [0.4, 0.5) is 0 Å². The first kappa shape index (κ1) is 16.1. The van der Waals surface area contributed by atoms with Crippen molar-refractivity contribution in [2.45, 2.75) is 44.9 Å². The van der Waals surface area contributed by atoms with E-state index in [2.05, 4.69) is 79.7 Å². The molecule has 0 nitrogen and oxygen atoms in total. The van der Waals surface area contributed by atoms with Crippen molar-refractivity contribution >= 4 is 22.4 Å². The maximum Gasteiger partial charge on any atom is 0.0102 e. The minimum atomic E-state index is 0.541. The molecule has 0 aromatic heterocycles. The first-order valence-electron chi connectivity index (χ1n) is 9.67. The average Bonchev–Trinajstić information content (AvgIpc) is 3.03. The summed E-state index contributed by atoms with van der Waals surface area (Å²) >= 11 is 0. The molecular formula is C25H26. The van der Waals surface area contributed by atoms with Gasteiger partial charge in [0.25, 0.3) is 0 Å². The molecule has 4 rings (SSSR count). The zero-order valence-corrected chi connectivity index (χ0v) is 15.0. The van der Waals surface area contributed by atoms with Crippen LogP contribution < -0.4 is 0 Å². The van der Waals surface area contributed by atoms with E-state index in [9.17, 15) is 0 Å². The fourth-order valence-electron chi connectivity index (χ4n) is 4.22. The van der Waals surface area contributed by atoms with Crippen molar-refractivity contribution in [2.75, 3.05) is 0 Å². The lowest BCUT2D eigenvalue weighted by Gasteiger charge is -2.18. The van der Waals surface area contributed by atoms with E-state index in [1.54, 1.807) is 0 Å². The highest BCUT2D eigenvalue weighted by Gasteiger charge is 2.26. The molecular weight excluding hydrogens is 300 g/mol. The van der Waals surface area contributed by atoms with Crippen molar-refractivity contribution in [3.63, 3.8) is 0 Å². The quantitative estimate of drug-likeness (QED) is 0.413. The van der Waals surface area contributed by atoms with Gasteiger partial charge in [-0.25, -0.2) is 0 Å². The van der Waals surface area contributed by atoms with Crippen LogP contribution in [0.25, 0.3) is 22.4 Å². The molecule has 3 aromatic carbocycles. The molecule has 1 aliphatic carbocycles. The highest BCUT2D eigenvalue weighted by molar-refractivity contribution is 6.01. The predicted molar refractivity (Wildman–Crippen MR) is 110 cm³/mol. The highest BCUT2D eigenvalue weighted by Crippen LogP contribution is 2.46. The lowest BCUT2D eigenvalue weighted by Crippen LogP contribution is -2.00. The van der Waals surface area contributed by atoms with Crippen LogP contribution in [0.1, 0.15) is 61.6 Å². The summed E-state index contributed by atoms with van der Waals surface area (Å²) in [5, 5.41) is 2.71. The van der Waals surface area contributed by atoms with Crippen molar-refractivity contribution in [1.29, 1.82) is 0 Å². The van der Waals surface area contributed by atoms with Gasteiger partial charge in [0.05, 0.1) is 0 Å². The first-order valence-corrected chi connectivity index (χ1v) is 9.67. The Kier molecular flexibility index (Phi) is 4.70. The third kappa shape index (κ3) is 3.14. The smallest absolute Gasteiger partial charge is 0.0102 e. The number of unbranched alkanes of at least 4 members (excludes halogenated alkanes) is 3. The predicted octanol–water partition coefficient (Wildman–Crippen LogP) is 7.45. The van der Waals surface area contributed by atoms with Gasteiger partial charge in [0.2, 0.25) is 0 Å². The number of hydrogen-bond donors (Lipinski definition) is 0. The molecule has 0 heterocycles. The summed E-state index contributed by atoms with van der Waals surface area (Å²) in [4.78, 5) is 0. The van der Waals surface area contributed by atoms with Crippen molar-refractivity contribution in [2.24, 2.45) is 0 Å². The van der Waals surface area contributed by atoms with Crippen LogP contribution in [-0.4, -0.2) is 0 Å². The minimum Gasteiger partial charge on any atom is -0.0654 e. The molecule has 25 heavy (non-hydrogen) atoms. The largest absolute Gasteiger partial charge is 0.0654 e. The fraction of sp³-hybridized carbons (Fsp3) is 0.280. The van der Waals surface area contributed by atoms with E-state index in [-0.39, 0.29) is 0 Å². The van der Waals surface area contributed by atoms with Gasteiger partial charge in [0.15, 0.2) is 0 Å². The van der Waals surface area contributed by atoms with Gasteiger partial charge in [-0.3, -0.25) is 0 Å². The fourth-order valence-corrected chi connectivity index (χ4v) is 4.22. The molecule has 0 amide bonds. The number of rotatable bonds is 6. The summed E-state index contributed by atoms with van der Waals surface area (Å²) in [6, 6.07) is 24.5. The van der Waals surface area contributed by atoms with Crippen LogP contribution in [0.2, 0.25) is 0 Å². The van der Waals surface area contributed by atoms with Gasteiger partial charge in [0, 0.05) is 5.92 Å². The Bertz CT molecular complexity index is 895. The van der Waals surface area contributed by atoms with E-state index >= 15 is 0 Å². The van der Waals surface area contributed by atoms with Crippen molar-refractivity contribution in [1.82, 2.24) is 0 Å². The summed E-state index contributed by atoms with van der Waals surface area (Å²) in [6.45, 7) is 2.28. The van der Waals surface area contributed by atoms with Crippen LogP contribution >= 0.6 is 0 Å². The molecule has 1 aliphatic rings. The summed E-state index contributed by atoms with van der Waals surface area (Å²) in [5.74, 6) is 0.541. The monoisotopic (exact) mass is 326 g/mol. The highest BCUT2D eigenvalue weighted by atomic mass is 14.3. The number of benzene rings is 3. The van der Waals surface area contributed by atoms with Gasteiger partial charge in [-0.05, 0) is 39.5 Å². The maximum absolute atomic E-state index is 2.43. The molecule has 1 atom stereocenters. The van der Waals surface area contributed by atoms with Crippen LogP contribution in [-0.2, 0) is 0 Å². The average molecular weight is 326 g/mol. The molecule has 0 aliphatic heterocycles. The number of hydrogen-bond acceptors (Lipinski definition) is 0. The van der Waals surface area contributed by atoms with Crippen LogP contribution in [0, 0.1) is 0 Å². The van der Waals surface area contributed by atoms with Crippen LogP contribution in [0.3, 0.4) is 0 Å². The second kappa shape index (κ2) is 7.27. The van der Waals surface area contributed by atoms with Crippen LogP contribution in [0.5, 0.6) is 0 Å². The lowest BCUT2D eigenvalue weighted by molar-refractivity contribution is 0.612. The summed E-state index contributed by atoms with van der Waals surface area (Å²) in [5.41, 5.74) is 5.84. The Labute approximate surface area is 151 Å². The molecule has 1 unspecified atom stereocenters. The van der Waals surface area contributed by atoms with E-state index in [1.807, 2.05) is 0 Å². The first-order chi connectivity index (χ1) is 12.4. The molecule has 0 bridgehead atoms. The molecule has 0 saturated heterocycles. The molecule has 0 radical (unpaired) electrons. The van der Waals surface area contributed by atoms with Gasteiger partial charge < -0.3 is 0 Å². The number of fused-ring (bicyclic) bond motifs is 2. The van der Waals surface area contributed by atoms with Crippen molar-refractivity contribution < 1.29 is 0 Å². The van der Waals surface area contributed by atoms with E-state index < -0.39 is 0 Å². The Morgan fingerprint density at radius 3 is 2.48 bits per heavy atom. The Balaban J connectivity index is 1.74. The van der Waals surface area contributed by atoms with Gasteiger partial charge in [-0.2, -0.15) is 0 Å². The normalized spacial score (nSPS) is 16.0. The zero-order valence-electron chi connectivity index (χ0n) is 15.0. The van der Waals surface area contributed by atoms with E-state index in [1.165, 1.54) is 65.1 Å².